The molecule has 0 radical (unpaired) electrons. The van der Waals surface area contributed by atoms with Crippen LogP contribution in [0.3, 0.4) is 0 Å². The summed E-state index contributed by atoms with van der Waals surface area (Å²) in [4.78, 5) is 13.3. The molecule has 0 aromatic carbocycles. The lowest BCUT2D eigenvalue weighted by Crippen LogP contribution is -2.49. The Balaban J connectivity index is 4.14. The van der Waals surface area contributed by atoms with E-state index in [9.17, 15) is 4.79 Å². The van der Waals surface area contributed by atoms with Gasteiger partial charge >= 0.3 is 5.97 Å². The van der Waals surface area contributed by atoms with E-state index < -0.39 is 11.5 Å². The van der Waals surface area contributed by atoms with E-state index in [2.05, 4.69) is 24.1 Å². The molecule has 2 N–H and O–H groups in total. The number of nitrogens with one attached hydrogen (secondary N) is 1. The minimum absolute atomic E-state index is 0.632. The van der Waals surface area contributed by atoms with Crippen LogP contribution < -0.4 is 5.32 Å². The zero-order valence-electron chi connectivity index (χ0n) is 10.3. The molecule has 0 rings (SSSR count). The molecular formula is C11H24N2O2. The van der Waals surface area contributed by atoms with Crippen molar-refractivity contribution >= 4 is 5.97 Å². The van der Waals surface area contributed by atoms with Crippen molar-refractivity contribution in [2.45, 2.75) is 39.2 Å². The Morgan fingerprint density at radius 1 is 1.40 bits per heavy atom. The van der Waals surface area contributed by atoms with Gasteiger partial charge < -0.3 is 15.3 Å². The van der Waals surface area contributed by atoms with Crippen LogP contribution in [-0.4, -0.2) is 48.2 Å². The van der Waals surface area contributed by atoms with Gasteiger partial charge in [0.05, 0.1) is 0 Å². The van der Waals surface area contributed by atoms with E-state index in [-0.39, 0.29) is 0 Å². The van der Waals surface area contributed by atoms with Crippen LogP contribution in [0.15, 0.2) is 0 Å². The summed E-state index contributed by atoms with van der Waals surface area (Å²) in [6, 6.07) is 0. The Kier molecular flexibility index (Phi) is 6.52. The number of carboxylic acids is 1. The molecule has 0 saturated carbocycles. The second-order valence-electron chi connectivity index (χ2n) is 4.07. The van der Waals surface area contributed by atoms with Crippen molar-refractivity contribution in [2.24, 2.45) is 0 Å². The van der Waals surface area contributed by atoms with Gasteiger partial charge in [-0.25, -0.2) is 0 Å². The van der Waals surface area contributed by atoms with Crippen molar-refractivity contribution in [1.29, 1.82) is 0 Å². The van der Waals surface area contributed by atoms with E-state index >= 15 is 0 Å². The van der Waals surface area contributed by atoms with Gasteiger partial charge in [-0.2, -0.15) is 0 Å². The number of carbonyl (C=O) groups is 1. The standard InChI is InChI=1S/C11H24N2O2/c1-5-8-13(6-2)9-7-11(3,12-4)10(14)15/h12H,5-9H2,1-4H3,(H,14,15). The van der Waals surface area contributed by atoms with E-state index in [0.29, 0.717) is 6.42 Å². The smallest absolute Gasteiger partial charge is 0.323 e. The molecule has 0 saturated heterocycles. The van der Waals surface area contributed by atoms with Gasteiger partial charge in [0.2, 0.25) is 0 Å². The van der Waals surface area contributed by atoms with E-state index in [1.165, 1.54) is 0 Å². The van der Waals surface area contributed by atoms with Crippen LogP contribution in [0, 0.1) is 0 Å². The van der Waals surface area contributed by atoms with Crippen LogP contribution >= 0.6 is 0 Å². The predicted octanol–water partition coefficient (Wildman–Crippen LogP) is 1.17. The number of likely N-dealkylation sites (N-methyl/N-ethyl adjacent to an activating group) is 1. The molecule has 0 bridgehead atoms. The zero-order valence-corrected chi connectivity index (χ0v) is 10.3. The first-order valence-electron chi connectivity index (χ1n) is 5.64. The molecule has 4 nitrogen and oxygen atoms in total. The molecular weight excluding hydrogens is 192 g/mol. The van der Waals surface area contributed by atoms with Crippen LogP contribution in [-0.2, 0) is 4.79 Å². The average Bonchev–Trinajstić information content (AvgIpc) is 2.23. The van der Waals surface area contributed by atoms with Gasteiger partial charge in [0.15, 0.2) is 0 Å². The summed E-state index contributed by atoms with van der Waals surface area (Å²) in [5.41, 5.74) is -0.804. The van der Waals surface area contributed by atoms with Crippen LogP contribution in [0.1, 0.15) is 33.6 Å². The summed E-state index contributed by atoms with van der Waals surface area (Å²) < 4.78 is 0. The number of hydrogen-bond donors (Lipinski definition) is 2. The molecule has 0 aromatic rings. The highest BCUT2D eigenvalue weighted by Gasteiger charge is 2.30. The summed E-state index contributed by atoms with van der Waals surface area (Å²) in [5, 5.41) is 11.9. The van der Waals surface area contributed by atoms with Gasteiger partial charge in [0, 0.05) is 6.54 Å². The van der Waals surface area contributed by atoms with Crippen LogP contribution in [0.2, 0.25) is 0 Å². The summed E-state index contributed by atoms with van der Waals surface area (Å²) >= 11 is 0. The average molecular weight is 216 g/mol. The number of nitrogens with zero attached hydrogens (tertiary/aromatic N) is 1. The van der Waals surface area contributed by atoms with Gasteiger partial charge in [0.1, 0.15) is 5.54 Å². The predicted molar refractivity (Wildman–Crippen MR) is 62.1 cm³/mol. The number of carboxylic acid groups (broad SMARTS) is 1. The van der Waals surface area contributed by atoms with Crippen molar-refractivity contribution in [1.82, 2.24) is 10.2 Å². The van der Waals surface area contributed by atoms with Crippen LogP contribution in [0.5, 0.6) is 0 Å². The maximum Gasteiger partial charge on any atom is 0.323 e. The molecule has 1 unspecified atom stereocenters. The van der Waals surface area contributed by atoms with Crippen molar-refractivity contribution in [2.75, 3.05) is 26.7 Å². The molecule has 0 amide bonds. The Hall–Kier alpha value is -0.610. The lowest BCUT2D eigenvalue weighted by molar-refractivity contribution is -0.144. The maximum atomic E-state index is 11.0. The fourth-order valence-corrected chi connectivity index (χ4v) is 1.46. The second-order valence-corrected chi connectivity index (χ2v) is 4.07. The van der Waals surface area contributed by atoms with E-state index in [0.717, 1.165) is 26.1 Å². The lowest BCUT2D eigenvalue weighted by Gasteiger charge is -2.28. The van der Waals surface area contributed by atoms with E-state index in [4.69, 9.17) is 5.11 Å². The summed E-state index contributed by atoms with van der Waals surface area (Å²) in [7, 11) is 1.70. The summed E-state index contributed by atoms with van der Waals surface area (Å²) in [5.74, 6) is -0.780. The van der Waals surface area contributed by atoms with Gasteiger partial charge in [-0.05, 0) is 39.9 Å². The largest absolute Gasteiger partial charge is 0.480 e. The fraction of sp³-hybridized carbons (Fsp3) is 0.909. The first kappa shape index (κ1) is 14.4. The van der Waals surface area contributed by atoms with Crippen molar-refractivity contribution in [3.63, 3.8) is 0 Å². The number of rotatable bonds is 8. The minimum Gasteiger partial charge on any atom is -0.480 e. The number of aliphatic carboxylic acids is 1. The SMILES string of the molecule is CCCN(CC)CCC(C)(NC)C(=O)O. The molecule has 0 fully saturated rings. The molecule has 1 atom stereocenters. The maximum absolute atomic E-state index is 11.0. The van der Waals surface area contributed by atoms with Gasteiger partial charge in [-0.1, -0.05) is 13.8 Å². The second kappa shape index (κ2) is 6.80. The molecule has 0 aliphatic carbocycles. The van der Waals surface area contributed by atoms with Gasteiger partial charge in [-0.3, -0.25) is 4.79 Å². The number of hydrogen-bond acceptors (Lipinski definition) is 3. The topological polar surface area (TPSA) is 52.6 Å². The quantitative estimate of drug-likeness (QED) is 0.639. The normalized spacial score (nSPS) is 15.3. The first-order chi connectivity index (χ1) is 7.00. The molecule has 0 aliphatic heterocycles. The molecule has 90 valence electrons. The molecule has 0 aromatic heterocycles. The molecule has 0 heterocycles. The fourth-order valence-electron chi connectivity index (χ4n) is 1.46. The zero-order chi connectivity index (χ0) is 11.9. The third-order valence-corrected chi connectivity index (χ3v) is 2.94. The van der Waals surface area contributed by atoms with Gasteiger partial charge in [-0.15, -0.1) is 0 Å². The van der Waals surface area contributed by atoms with Crippen molar-refractivity contribution in [3.8, 4) is 0 Å². The first-order valence-corrected chi connectivity index (χ1v) is 5.64. The third kappa shape index (κ3) is 4.62. The summed E-state index contributed by atoms with van der Waals surface area (Å²) in [6.07, 6.45) is 1.74. The molecule has 15 heavy (non-hydrogen) atoms. The Morgan fingerprint density at radius 3 is 2.33 bits per heavy atom. The third-order valence-electron chi connectivity index (χ3n) is 2.94. The van der Waals surface area contributed by atoms with Crippen LogP contribution in [0.4, 0.5) is 0 Å². The van der Waals surface area contributed by atoms with E-state index in [1.54, 1.807) is 14.0 Å². The highest BCUT2D eigenvalue weighted by atomic mass is 16.4. The highest BCUT2D eigenvalue weighted by molar-refractivity contribution is 5.78. The van der Waals surface area contributed by atoms with Crippen molar-refractivity contribution in [3.05, 3.63) is 0 Å². The van der Waals surface area contributed by atoms with E-state index in [1.807, 2.05) is 0 Å². The summed E-state index contributed by atoms with van der Waals surface area (Å²) in [6.45, 7) is 8.82. The lowest BCUT2D eigenvalue weighted by atomic mass is 9.98. The highest BCUT2D eigenvalue weighted by Crippen LogP contribution is 2.10. The van der Waals surface area contributed by atoms with Crippen molar-refractivity contribution < 1.29 is 9.90 Å². The molecule has 0 spiro atoms. The van der Waals surface area contributed by atoms with Crippen LogP contribution in [0.25, 0.3) is 0 Å². The Morgan fingerprint density at radius 2 is 2.00 bits per heavy atom. The van der Waals surface area contributed by atoms with Gasteiger partial charge in [0.25, 0.3) is 0 Å². The molecule has 4 heteroatoms. The Labute approximate surface area is 92.7 Å². The Bertz CT molecular complexity index is 197. The monoisotopic (exact) mass is 216 g/mol. The molecule has 0 aliphatic rings. The minimum atomic E-state index is -0.804.